The molecule has 1 heterocycles. The predicted octanol–water partition coefficient (Wildman–Crippen LogP) is 4.31. The summed E-state index contributed by atoms with van der Waals surface area (Å²) in [4.78, 5) is 16.2. The minimum absolute atomic E-state index is 0.00946. The number of ether oxygens (including phenoxy) is 1. The van der Waals surface area contributed by atoms with E-state index in [1.807, 2.05) is 68.4 Å². The van der Waals surface area contributed by atoms with Crippen LogP contribution in [0, 0.1) is 13.8 Å². The number of amides is 1. The molecular formula is C22H22N2O2. The van der Waals surface area contributed by atoms with Crippen LogP contribution in [0.15, 0.2) is 67.0 Å². The smallest absolute Gasteiger partial charge is 0.262 e. The average molecular weight is 346 g/mol. The summed E-state index contributed by atoms with van der Waals surface area (Å²) >= 11 is 0. The number of carbonyl (C=O) groups is 1. The van der Waals surface area contributed by atoms with E-state index < -0.39 is 0 Å². The van der Waals surface area contributed by atoms with Gasteiger partial charge >= 0.3 is 0 Å². The van der Waals surface area contributed by atoms with Crippen LogP contribution < -0.4 is 10.1 Å². The maximum Gasteiger partial charge on any atom is 0.262 e. The number of anilines is 1. The van der Waals surface area contributed by atoms with Crippen molar-refractivity contribution >= 4 is 11.6 Å². The zero-order chi connectivity index (χ0) is 18.4. The van der Waals surface area contributed by atoms with Crippen molar-refractivity contribution in [3.8, 4) is 5.75 Å². The molecule has 3 rings (SSSR count). The second-order valence-corrected chi connectivity index (χ2v) is 6.29. The molecule has 0 atom stereocenters. The fraction of sp³-hybridized carbons (Fsp3) is 0.182. The van der Waals surface area contributed by atoms with Crippen molar-refractivity contribution in [3.63, 3.8) is 0 Å². The van der Waals surface area contributed by atoms with Crippen LogP contribution in [0.25, 0.3) is 0 Å². The fourth-order valence-electron chi connectivity index (χ4n) is 2.80. The SMILES string of the molecule is Cc1cccc(C)c1OCC(=O)Nc1ccc(Cc2ccncc2)cc1. The molecule has 0 unspecified atom stereocenters. The van der Waals surface area contributed by atoms with Gasteiger partial charge in [-0.3, -0.25) is 9.78 Å². The molecule has 3 aromatic rings. The average Bonchev–Trinajstić information content (AvgIpc) is 2.64. The number of nitrogens with one attached hydrogen (secondary N) is 1. The van der Waals surface area contributed by atoms with Gasteiger partial charge in [-0.2, -0.15) is 0 Å². The lowest BCUT2D eigenvalue weighted by Gasteiger charge is -2.12. The highest BCUT2D eigenvalue weighted by atomic mass is 16.5. The summed E-state index contributed by atoms with van der Waals surface area (Å²) in [6.07, 6.45) is 4.42. The van der Waals surface area contributed by atoms with Crippen LogP contribution in [0.5, 0.6) is 5.75 Å². The van der Waals surface area contributed by atoms with Crippen molar-refractivity contribution in [2.75, 3.05) is 11.9 Å². The van der Waals surface area contributed by atoms with Crippen molar-refractivity contribution in [3.05, 3.63) is 89.2 Å². The molecule has 132 valence electrons. The Hall–Kier alpha value is -3.14. The van der Waals surface area contributed by atoms with Crippen molar-refractivity contribution in [2.45, 2.75) is 20.3 Å². The van der Waals surface area contributed by atoms with Crippen molar-refractivity contribution < 1.29 is 9.53 Å². The third-order valence-electron chi connectivity index (χ3n) is 4.15. The minimum atomic E-state index is -0.172. The highest BCUT2D eigenvalue weighted by molar-refractivity contribution is 5.91. The third kappa shape index (κ3) is 4.70. The first-order chi connectivity index (χ1) is 12.6. The van der Waals surface area contributed by atoms with E-state index in [0.29, 0.717) is 0 Å². The Bertz CT molecular complexity index is 854. The molecule has 0 radical (unpaired) electrons. The minimum Gasteiger partial charge on any atom is -0.483 e. The van der Waals surface area contributed by atoms with Crippen LogP contribution in [0.3, 0.4) is 0 Å². The first-order valence-electron chi connectivity index (χ1n) is 8.58. The Labute approximate surface area is 153 Å². The number of aromatic nitrogens is 1. The number of para-hydroxylation sites is 1. The van der Waals surface area contributed by atoms with Gasteiger partial charge in [-0.15, -0.1) is 0 Å². The number of pyridine rings is 1. The maximum absolute atomic E-state index is 12.1. The summed E-state index contributed by atoms with van der Waals surface area (Å²) in [6, 6.07) is 17.8. The van der Waals surface area contributed by atoms with Gasteiger partial charge in [-0.05, 0) is 66.8 Å². The first kappa shape index (κ1) is 17.7. The van der Waals surface area contributed by atoms with Gasteiger partial charge in [0, 0.05) is 18.1 Å². The van der Waals surface area contributed by atoms with E-state index in [0.717, 1.165) is 29.0 Å². The molecule has 4 nitrogen and oxygen atoms in total. The zero-order valence-corrected chi connectivity index (χ0v) is 15.0. The fourth-order valence-corrected chi connectivity index (χ4v) is 2.80. The molecule has 1 aromatic heterocycles. The van der Waals surface area contributed by atoms with Crippen molar-refractivity contribution in [2.24, 2.45) is 0 Å². The Morgan fingerprint density at radius 3 is 2.19 bits per heavy atom. The number of nitrogens with zero attached hydrogens (tertiary/aromatic N) is 1. The van der Waals surface area contributed by atoms with Gasteiger partial charge in [-0.1, -0.05) is 30.3 Å². The van der Waals surface area contributed by atoms with Crippen LogP contribution in [0.1, 0.15) is 22.3 Å². The molecule has 0 aliphatic rings. The normalized spacial score (nSPS) is 10.4. The number of carbonyl (C=O) groups excluding carboxylic acids is 1. The molecule has 0 fully saturated rings. The van der Waals surface area contributed by atoms with Gasteiger partial charge in [0.2, 0.25) is 0 Å². The molecule has 4 heteroatoms. The van der Waals surface area contributed by atoms with E-state index in [2.05, 4.69) is 10.3 Å². The molecule has 0 spiro atoms. The summed E-state index contributed by atoms with van der Waals surface area (Å²) < 4.78 is 5.69. The summed E-state index contributed by atoms with van der Waals surface area (Å²) in [5, 5.41) is 2.87. The number of hydrogen-bond donors (Lipinski definition) is 1. The molecular weight excluding hydrogens is 324 g/mol. The van der Waals surface area contributed by atoms with E-state index in [1.165, 1.54) is 11.1 Å². The third-order valence-corrected chi connectivity index (χ3v) is 4.15. The van der Waals surface area contributed by atoms with Crippen LogP contribution in [-0.4, -0.2) is 17.5 Å². The topological polar surface area (TPSA) is 51.2 Å². The molecule has 0 saturated heterocycles. The van der Waals surface area contributed by atoms with Crippen LogP contribution >= 0.6 is 0 Å². The Morgan fingerprint density at radius 1 is 0.923 bits per heavy atom. The van der Waals surface area contributed by atoms with Crippen molar-refractivity contribution in [1.82, 2.24) is 4.98 Å². The second kappa shape index (κ2) is 8.30. The second-order valence-electron chi connectivity index (χ2n) is 6.29. The number of hydrogen-bond acceptors (Lipinski definition) is 3. The van der Waals surface area contributed by atoms with Gasteiger partial charge < -0.3 is 10.1 Å². The Kier molecular flexibility index (Phi) is 5.64. The van der Waals surface area contributed by atoms with Crippen LogP contribution in [-0.2, 0) is 11.2 Å². The molecule has 26 heavy (non-hydrogen) atoms. The van der Waals surface area contributed by atoms with Gasteiger partial charge in [0.1, 0.15) is 5.75 Å². The van der Waals surface area contributed by atoms with E-state index in [-0.39, 0.29) is 12.5 Å². The van der Waals surface area contributed by atoms with Crippen molar-refractivity contribution in [1.29, 1.82) is 0 Å². The highest BCUT2D eigenvalue weighted by Gasteiger charge is 2.08. The van der Waals surface area contributed by atoms with Crippen LogP contribution in [0.4, 0.5) is 5.69 Å². The number of benzene rings is 2. The van der Waals surface area contributed by atoms with E-state index in [9.17, 15) is 4.79 Å². The number of rotatable bonds is 6. The van der Waals surface area contributed by atoms with Gasteiger partial charge in [0.25, 0.3) is 5.91 Å². The molecule has 0 aliphatic heterocycles. The van der Waals surface area contributed by atoms with Gasteiger partial charge in [0.05, 0.1) is 0 Å². The molecule has 0 bridgehead atoms. The summed E-state index contributed by atoms with van der Waals surface area (Å²) in [5.41, 5.74) is 5.20. The monoisotopic (exact) mass is 346 g/mol. The summed E-state index contributed by atoms with van der Waals surface area (Å²) in [5.74, 6) is 0.602. The summed E-state index contributed by atoms with van der Waals surface area (Å²) in [6.45, 7) is 3.94. The maximum atomic E-state index is 12.1. The lowest BCUT2D eigenvalue weighted by Crippen LogP contribution is -2.20. The molecule has 1 N–H and O–H groups in total. The zero-order valence-electron chi connectivity index (χ0n) is 15.0. The first-order valence-corrected chi connectivity index (χ1v) is 8.58. The molecule has 1 amide bonds. The molecule has 2 aromatic carbocycles. The van der Waals surface area contributed by atoms with E-state index in [1.54, 1.807) is 12.4 Å². The van der Waals surface area contributed by atoms with E-state index >= 15 is 0 Å². The Morgan fingerprint density at radius 2 is 1.54 bits per heavy atom. The van der Waals surface area contributed by atoms with Crippen LogP contribution in [0.2, 0.25) is 0 Å². The standard InChI is InChI=1S/C22H22N2O2/c1-16-4-3-5-17(2)22(16)26-15-21(25)24-20-8-6-18(7-9-20)14-19-10-12-23-13-11-19/h3-13H,14-15H2,1-2H3,(H,24,25). The number of aryl methyl sites for hydroxylation is 2. The largest absolute Gasteiger partial charge is 0.483 e. The Balaban J connectivity index is 1.54. The highest BCUT2D eigenvalue weighted by Crippen LogP contribution is 2.22. The van der Waals surface area contributed by atoms with E-state index in [4.69, 9.17) is 4.74 Å². The predicted molar refractivity (Wildman–Crippen MR) is 104 cm³/mol. The molecule has 0 saturated carbocycles. The van der Waals surface area contributed by atoms with Gasteiger partial charge in [0.15, 0.2) is 6.61 Å². The summed E-state index contributed by atoms with van der Waals surface area (Å²) in [7, 11) is 0. The quantitative estimate of drug-likeness (QED) is 0.724. The lowest BCUT2D eigenvalue weighted by molar-refractivity contribution is -0.118. The van der Waals surface area contributed by atoms with Gasteiger partial charge in [-0.25, -0.2) is 0 Å². The molecule has 0 aliphatic carbocycles. The lowest BCUT2D eigenvalue weighted by atomic mass is 10.1.